The van der Waals surface area contributed by atoms with E-state index in [0.717, 1.165) is 18.6 Å². The highest BCUT2D eigenvalue weighted by atomic mass is 16.3. The SMILES string of the molecule is Cc1nc2cc(NC(=O)C3(n4cccn4)CCNCC3)ccc2o1. The van der Waals surface area contributed by atoms with Gasteiger partial charge < -0.3 is 15.1 Å². The molecule has 0 bridgehead atoms. The van der Waals surface area contributed by atoms with Gasteiger partial charge in [-0.1, -0.05) is 0 Å². The minimum Gasteiger partial charge on any atom is -0.441 e. The zero-order chi connectivity index (χ0) is 16.6. The van der Waals surface area contributed by atoms with Crippen LogP contribution < -0.4 is 10.6 Å². The molecule has 124 valence electrons. The van der Waals surface area contributed by atoms with E-state index in [1.54, 1.807) is 17.8 Å². The first-order chi connectivity index (χ1) is 11.7. The fraction of sp³-hybridized carbons (Fsp3) is 0.353. The lowest BCUT2D eigenvalue weighted by Gasteiger charge is -2.36. The van der Waals surface area contributed by atoms with Crippen LogP contribution in [0.5, 0.6) is 0 Å². The third kappa shape index (κ3) is 2.46. The van der Waals surface area contributed by atoms with Gasteiger partial charge in [0.2, 0.25) is 0 Å². The van der Waals surface area contributed by atoms with Gasteiger partial charge in [0.25, 0.3) is 5.91 Å². The monoisotopic (exact) mass is 325 g/mol. The van der Waals surface area contributed by atoms with E-state index in [1.165, 1.54) is 0 Å². The van der Waals surface area contributed by atoms with Crippen molar-refractivity contribution in [2.45, 2.75) is 25.3 Å². The molecule has 3 heterocycles. The number of carbonyl (C=O) groups excluding carboxylic acids is 1. The van der Waals surface area contributed by atoms with Gasteiger partial charge in [-0.3, -0.25) is 9.48 Å². The fourth-order valence-electron chi connectivity index (χ4n) is 3.29. The Balaban J connectivity index is 1.64. The van der Waals surface area contributed by atoms with Crippen LogP contribution >= 0.6 is 0 Å². The fourth-order valence-corrected chi connectivity index (χ4v) is 3.29. The Morgan fingerprint density at radius 1 is 1.38 bits per heavy atom. The van der Waals surface area contributed by atoms with Crippen molar-refractivity contribution in [1.82, 2.24) is 20.1 Å². The van der Waals surface area contributed by atoms with E-state index in [0.29, 0.717) is 30.0 Å². The molecule has 2 N–H and O–H groups in total. The summed E-state index contributed by atoms with van der Waals surface area (Å²) >= 11 is 0. The van der Waals surface area contributed by atoms with Gasteiger partial charge >= 0.3 is 0 Å². The second kappa shape index (κ2) is 5.76. The van der Waals surface area contributed by atoms with Crippen molar-refractivity contribution in [2.24, 2.45) is 0 Å². The molecule has 0 atom stereocenters. The van der Waals surface area contributed by atoms with E-state index in [4.69, 9.17) is 4.42 Å². The van der Waals surface area contributed by atoms with Crippen molar-refractivity contribution in [2.75, 3.05) is 18.4 Å². The third-order valence-corrected chi connectivity index (χ3v) is 4.55. The summed E-state index contributed by atoms with van der Waals surface area (Å²) in [7, 11) is 0. The van der Waals surface area contributed by atoms with Crippen LogP contribution in [-0.2, 0) is 10.3 Å². The summed E-state index contributed by atoms with van der Waals surface area (Å²) < 4.78 is 7.26. The summed E-state index contributed by atoms with van der Waals surface area (Å²) in [6.07, 6.45) is 4.97. The lowest BCUT2D eigenvalue weighted by molar-refractivity contribution is -0.126. The molecule has 2 aromatic heterocycles. The molecule has 1 aliphatic rings. The van der Waals surface area contributed by atoms with Crippen LogP contribution in [0.25, 0.3) is 11.1 Å². The Morgan fingerprint density at radius 3 is 2.96 bits per heavy atom. The number of hydrogen-bond acceptors (Lipinski definition) is 5. The van der Waals surface area contributed by atoms with Crippen molar-refractivity contribution < 1.29 is 9.21 Å². The summed E-state index contributed by atoms with van der Waals surface area (Å²) in [6.45, 7) is 3.38. The van der Waals surface area contributed by atoms with Crippen molar-refractivity contribution in [1.29, 1.82) is 0 Å². The third-order valence-electron chi connectivity index (χ3n) is 4.55. The Hall–Kier alpha value is -2.67. The van der Waals surface area contributed by atoms with Crippen molar-refractivity contribution in [3.05, 3.63) is 42.5 Å². The number of rotatable bonds is 3. The largest absolute Gasteiger partial charge is 0.441 e. The van der Waals surface area contributed by atoms with Crippen LogP contribution in [0, 0.1) is 6.92 Å². The first-order valence-electron chi connectivity index (χ1n) is 8.07. The minimum atomic E-state index is -0.663. The molecule has 1 amide bonds. The lowest BCUT2D eigenvalue weighted by Crippen LogP contribution is -2.52. The Morgan fingerprint density at radius 2 is 2.21 bits per heavy atom. The average molecular weight is 325 g/mol. The number of carbonyl (C=O) groups is 1. The average Bonchev–Trinajstić information content (AvgIpc) is 3.24. The van der Waals surface area contributed by atoms with Crippen LogP contribution in [0.4, 0.5) is 5.69 Å². The second-order valence-electron chi connectivity index (χ2n) is 6.10. The molecule has 4 rings (SSSR count). The van der Waals surface area contributed by atoms with Gasteiger partial charge in [0, 0.05) is 25.0 Å². The number of benzene rings is 1. The number of anilines is 1. The quantitative estimate of drug-likeness (QED) is 0.770. The maximum absolute atomic E-state index is 13.1. The lowest BCUT2D eigenvalue weighted by atomic mass is 9.87. The molecule has 0 unspecified atom stereocenters. The van der Waals surface area contributed by atoms with E-state index in [-0.39, 0.29) is 5.91 Å². The number of oxazole rings is 1. The molecule has 7 heteroatoms. The highest BCUT2D eigenvalue weighted by Gasteiger charge is 2.42. The van der Waals surface area contributed by atoms with Crippen LogP contribution in [-0.4, -0.2) is 33.8 Å². The van der Waals surface area contributed by atoms with E-state index in [9.17, 15) is 4.79 Å². The van der Waals surface area contributed by atoms with Gasteiger partial charge in [0.15, 0.2) is 11.5 Å². The summed E-state index contributed by atoms with van der Waals surface area (Å²) in [5, 5.41) is 10.7. The summed E-state index contributed by atoms with van der Waals surface area (Å²) in [6, 6.07) is 7.35. The summed E-state index contributed by atoms with van der Waals surface area (Å²) in [4.78, 5) is 17.4. The molecular weight excluding hydrogens is 306 g/mol. The molecule has 0 aliphatic carbocycles. The molecule has 0 radical (unpaired) electrons. The van der Waals surface area contributed by atoms with Gasteiger partial charge in [-0.05, 0) is 50.2 Å². The molecule has 1 aliphatic heterocycles. The predicted octanol–water partition coefficient (Wildman–Crippen LogP) is 2.05. The number of amides is 1. The number of nitrogens with zero attached hydrogens (tertiary/aromatic N) is 3. The van der Waals surface area contributed by atoms with E-state index in [2.05, 4.69) is 20.7 Å². The highest BCUT2D eigenvalue weighted by molar-refractivity contribution is 5.98. The van der Waals surface area contributed by atoms with Crippen LogP contribution in [0.3, 0.4) is 0 Å². The van der Waals surface area contributed by atoms with Crippen molar-refractivity contribution >= 4 is 22.7 Å². The molecule has 7 nitrogen and oxygen atoms in total. The Bertz CT molecular complexity index is 862. The first kappa shape index (κ1) is 14.9. The van der Waals surface area contributed by atoms with Crippen LogP contribution in [0.15, 0.2) is 41.1 Å². The summed E-state index contributed by atoms with van der Waals surface area (Å²) in [5.41, 5.74) is 1.51. The zero-order valence-electron chi connectivity index (χ0n) is 13.5. The van der Waals surface area contributed by atoms with E-state index < -0.39 is 5.54 Å². The molecule has 1 saturated heterocycles. The van der Waals surface area contributed by atoms with Gasteiger partial charge in [-0.2, -0.15) is 5.10 Å². The summed E-state index contributed by atoms with van der Waals surface area (Å²) in [5.74, 6) is 0.562. The maximum atomic E-state index is 13.1. The molecule has 0 saturated carbocycles. The van der Waals surface area contributed by atoms with Gasteiger partial charge in [-0.15, -0.1) is 0 Å². The molecule has 3 aromatic rings. The second-order valence-corrected chi connectivity index (χ2v) is 6.10. The molecule has 1 fully saturated rings. The van der Waals surface area contributed by atoms with Crippen molar-refractivity contribution in [3.8, 4) is 0 Å². The zero-order valence-corrected chi connectivity index (χ0v) is 13.5. The maximum Gasteiger partial charge on any atom is 0.252 e. The number of hydrogen-bond donors (Lipinski definition) is 2. The molecule has 24 heavy (non-hydrogen) atoms. The highest BCUT2D eigenvalue weighted by Crippen LogP contribution is 2.29. The standard InChI is InChI=1S/C17H19N5O2/c1-12-20-14-11-13(3-4-15(14)24-12)21-16(23)17(5-8-18-9-6-17)22-10-2-7-19-22/h2-4,7,10-11,18H,5-6,8-9H2,1H3,(H,21,23). The number of aromatic nitrogens is 3. The van der Waals surface area contributed by atoms with Gasteiger partial charge in [0.1, 0.15) is 11.1 Å². The van der Waals surface area contributed by atoms with Crippen LogP contribution in [0.2, 0.25) is 0 Å². The number of fused-ring (bicyclic) bond motifs is 1. The Kier molecular flexibility index (Phi) is 3.57. The first-order valence-corrected chi connectivity index (χ1v) is 8.07. The smallest absolute Gasteiger partial charge is 0.252 e. The topological polar surface area (TPSA) is 85.0 Å². The van der Waals surface area contributed by atoms with E-state index in [1.807, 2.05) is 30.5 Å². The van der Waals surface area contributed by atoms with Crippen LogP contribution in [0.1, 0.15) is 18.7 Å². The van der Waals surface area contributed by atoms with E-state index >= 15 is 0 Å². The minimum absolute atomic E-state index is 0.0488. The molecule has 0 spiro atoms. The van der Waals surface area contributed by atoms with Gasteiger partial charge in [-0.25, -0.2) is 4.98 Å². The Labute approximate surface area is 139 Å². The predicted molar refractivity (Wildman–Crippen MR) is 89.7 cm³/mol. The number of nitrogens with one attached hydrogen (secondary N) is 2. The molecular formula is C17H19N5O2. The number of aryl methyl sites for hydroxylation is 1. The number of piperidine rings is 1. The normalized spacial score (nSPS) is 17.0. The van der Waals surface area contributed by atoms with Gasteiger partial charge in [0.05, 0.1) is 0 Å². The molecule has 1 aromatic carbocycles. The van der Waals surface area contributed by atoms with Crippen molar-refractivity contribution in [3.63, 3.8) is 0 Å².